The molecule has 1 aliphatic rings. The fourth-order valence-corrected chi connectivity index (χ4v) is 4.41. The fourth-order valence-electron chi connectivity index (χ4n) is 4.41. The Bertz CT molecular complexity index is 940. The first-order chi connectivity index (χ1) is 17.8. The Morgan fingerprint density at radius 3 is 2.51 bits per heavy atom. The number of benzene rings is 1. The van der Waals surface area contributed by atoms with Crippen molar-refractivity contribution in [3.63, 3.8) is 0 Å². The summed E-state index contributed by atoms with van der Waals surface area (Å²) in [5, 5.41) is 10.5. The van der Waals surface area contributed by atoms with Gasteiger partial charge in [0.25, 0.3) is 5.91 Å². The van der Waals surface area contributed by atoms with Crippen molar-refractivity contribution in [3.05, 3.63) is 41.9 Å². The predicted molar refractivity (Wildman–Crippen MR) is 137 cm³/mol. The molecule has 1 saturated heterocycles. The van der Waals surface area contributed by atoms with Gasteiger partial charge in [-0.15, -0.1) is 0 Å². The fraction of sp³-hybridized carbons (Fsp3) is 0.593. The van der Waals surface area contributed by atoms with Crippen molar-refractivity contribution in [3.8, 4) is 17.2 Å². The number of methoxy groups -OCH3 is 3. The van der Waals surface area contributed by atoms with Crippen LogP contribution < -0.4 is 14.2 Å². The van der Waals surface area contributed by atoms with Crippen LogP contribution in [-0.2, 0) is 16.1 Å². The van der Waals surface area contributed by atoms with Crippen molar-refractivity contribution in [1.29, 1.82) is 0 Å². The molecule has 1 N–H and O–H groups in total. The Morgan fingerprint density at radius 1 is 1.19 bits per heavy atom. The van der Waals surface area contributed by atoms with Crippen LogP contribution in [0.15, 0.2) is 34.9 Å². The number of carbonyl (C=O) groups excluding carboxylic acids is 1. The molecule has 206 valence electrons. The number of β-amino-alcohol motifs (C(OH)–C–C–N with tert-alkyl or cyclic N) is 1. The van der Waals surface area contributed by atoms with Crippen LogP contribution in [0, 0.1) is 5.92 Å². The van der Waals surface area contributed by atoms with Gasteiger partial charge in [0.1, 0.15) is 12.4 Å². The van der Waals surface area contributed by atoms with Crippen molar-refractivity contribution in [2.45, 2.75) is 32.7 Å². The van der Waals surface area contributed by atoms with Gasteiger partial charge in [0, 0.05) is 38.3 Å². The Hall–Kier alpha value is -2.79. The summed E-state index contributed by atoms with van der Waals surface area (Å²) in [6.07, 6.45) is 0.772. The van der Waals surface area contributed by atoms with Crippen molar-refractivity contribution in [2.75, 3.05) is 67.3 Å². The summed E-state index contributed by atoms with van der Waals surface area (Å²) in [6, 6.07) is 6.98. The van der Waals surface area contributed by atoms with Gasteiger partial charge < -0.3 is 38.1 Å². The van der Waals surface area contributed by atoms with E-state index < -0.39 is 6.10 Å². The van der Waals surface area contributed by atoms with Gasteiger partial charge in [0.2, 0.25) is 5.75 Å². The molecule has 2 atom stereocenters. The van der Waals surface area contributed by atoms with Crippen LogP contribution in [0.4, 0.5) is 0 Å². The molecule has 1 amide bonds. The van der Waals surface area contributed by atoms with E-state index in [2.05, 4.69) is 18.7 Å². The number of hydrogen-bond donors (Lipinski definition) is 1. The number of carbonyl (C=O) groups is 1. The second-order valence-electron chi connectivity index (χ2n) is 9.52. The molecule has 1 aliphatic heterocycles. The zero-order valence-corrected chi connectivity index (χ0v) is 22.5. The molecule has 1 aromatic heterocycles. The monoisotopic (exact) mass is 520 g/mol. The number of nitrogens with zero attached hydrogens (tertiary/aromatic N) is 2. The molecule has 0 unspecified atom stereocenters. The maximum absolute atomic E-state index is 13.6. The summed E-state index contributed by atoms with van der Waals surface area (Å²) in [6.45, 7) is 7.97. The lowest BCUT2D eigenvalue weighted by molar-refractivity contribution is -0.0608. The topological polar surface area (TPSA) is 103 Å². The molecule has 10 heteroatoms. The van der Waals surface area contributed by atoms with E-state index >= 15 is 0 Å². The molecule has 1 aromatic carbocycles. The molecular formula is C27H40N2O8. The minimum absolute atomic E-state index is 0.139. The highest BCUT2D eigenvalue weighted by atomic mass is 16.5. The first-order valence-electron chi connectivity index (χ1n) is 12.6. The minimum Gasteiger partial charge on any atom is -0.493 e. The van der Waals surface area contributed by atoms with Crippen LogP contribution in [0.2, 0.25) is 0 Å². The van der Waals surface area contributed by atoms with Gasteiger partial charge in [0.15, 0.2) is 11.5 Å². The largest absolute Gasteiger partial charge is 0.493 e. The van der Waals surface area contributed by atoms with Gasteiger partial charge in [-0.1, -0.05) is 13.8 Å². The van der Waals surface area contributed by atoms with Crippen LogP contribution in [-0.4, -0.2) is 100 Å². The molecule has 0 spiro atoms. The third kappa shape index (κ3) is 8.36. The summed E-state index contributed by atoms with van der Waals surface area (Å²) in [5.41, 5.74) is 0.451. The minimum atomic E-state index is -0.638. The smallest absolute Gasteiger partial charge is 0.254 e. The van der Waals surface area contributed by atoms with E-state index in [-0.39, 0.29) is 24.5 Å². The molecule has 3 rings (SSSR count). The van der Waals surface area contributed by atoms with Gasteiger partial charge in [-0.3, -0.25) is 9.69 Å². The molecule has 10 nitrogen and oxygen atoms in total. The third-order valence-corrected chi connectivity index (χ3v) is 6.03. The highest BCUT2D eigenvalue weighted by Crippen LogP contribution is 2.38. The number of furan rings is 1. The number of ether oxygens (including phenoxy) is 5. The maximum Gasteiger partial charge on any atom is 0.254 e. The Labute approximate surface area is 219 Å². The SMILES string of the molecule is COc1cc(C(=O)N(CC(C)C)C[C@H]2CN(C[C@H](O)COCc3ccco3)CCO2)cc(OC)c1OC. The van der Waals surface area contributed by atoms with Gasteiger partial charge >= 0.3 is 0 Å². The average molecular weight is 521 g/mol. The molecule has 0 saturated carbocycles. The second kappa shape index (κ2) is 14.2. The summed E-state index contributed by atoms with van der Waals surface area (Å²) >= 11 is 0. The van der Waals surface area contributed by atoms with Crippen LogP contribution >= 0.6 is 0 Å². The van der Waals surface area contributed by atoms with Crippen LogP contribution in [0.3, 0.4) is 0 Å². The Balaban J connectivity index is 1.62. The summed E-state index contributed by atoms with van der Waals surface area (Å²) in [4.78, 5) is 17.6. The van der Waals surface area contributed by atoms with E-state index in [0.717, 1.165) is 5.76 Å². The van der Waals surface area contributed by atoms with Crippen molar-refractivity contribution < 1.29 is 38.0 Å². The van der Waals surface area contributed by atoms with Crippen molar-refractivity contribution in [2.24, 2.45) is 5.92 Å². The van der Waals surface area contributed by atoms with E-state index in [4.69, 9.17) is 28.1 Å². The molecular weight excluding hydrogens is 480 g/mol. The maximum atomic E-state index is 13.6. The second-order valence-corrected chi connectivity index (χ2v) is 9.52. The molecule has 2 heterocycles. The number of rotatable bonds is 14. The highest BCUT2D eigenvalue weighted by molar-refractivity contribution is 5.95. The number of aliphatic hydroxyl groups is 1. The first kappa shape index (κ1) is 28.8. The number of amides is 1. The predicted octanol–water partition coefficient (Wildman–Crippen LogP) is 2.68. The zero-order chi connectivity index (χ0) is 26.8. The molecule has 0 bridgehead atoms. The summed E-state index contributed by atoms with van der Waals surface area (Å²) in [5.74, 6) is 2.14. The third-order valence-electron chi connectivity index (χ3n) is 6.03. The quantitative estimate of drug-likeness (QED) is 0.403. The lowest BCUT2D eigenvalue weighted by Crippen LogP contribution is -2.51. The first-order valence-corrected chi connectivity index (χ1v) is 12.6. The lowest BCUT2D eigenvalue weighted by Gasteiger charge is -2.37. The lowest BCUT2D eigenvalue weighted by atomic mass is 10.1. The van der Waals surface area contributed by atoms with Crippen LogP contribution in [0.1, 0.15) is 30.0 Å². The van der Waals surface area contributed by atoms with E-state index in [1.54, 1.807) is 24.5 Å². The molecule has 1 fully saturated rings. The highest BCUT2D eigenvalue weighted by Gasteiger charge is 2.28. The summed E-state index contributed by atoms with van der Waals surface area (Å²) < 4.78 is 33.1. The van der Waals surface area contributed by atoms with Gasteiger partial charge in [-0.05, 0) is 30.2 Å². The molecule has 37 heavy (non-hydrogen) atoms. The van der Waals surface area contributed by atoms with Crippen LogP contribution in [0.25, 0.3) is 0 Å². The van der Waals surface area contributed by atoms with E-state index in [1.165, 1.54) is 21.3 Å². The number of morpholine rings is 1. The van der Waals surface area contributed by atoms with E-state index in [0.29, 0.717) is 68.7 Å². The molecule has 0 radical (unpaired) electrons. The van der Waals surface area contributed by atoms with Crippen LogP contribution in [0.5, 0.6) is 17.2 Å². The van der Waals surface area contributed by atoms with E-state index in [1.807, 2.05) is 11.0 Å². The van der Waals surface area contributed by atoms with Gasteiger partial charge in [0.05, 0.1) is 53.0 Å². The Kier molecular flexibility index (Phi) is 11.1. The number of aliphatic hydroxyl groups excluding tert-OH is 1. The summed E-state index contributed by atoms with van der Waals surface area (Å²) in [7, 11) is 4.58. The molecule has 2 aromatic rings. The van der Waals surface area contributed by atoms with Crippen molar-refractivity contribution in [1.82, 2.24) is 9.80 Å². The Morgan fingerprint density at radius 2 is 1.92 bits per heavy atom. The van der Waals surface area contributed by atoms with Crippen molar-refractivity contribution >= 4 is 5.91 Å². The average Bonchev–Trinajstić information content (AvgIpc) is 3.40. The molecule has 0 aliphatic carbocycles. The standard InChI is InChI=1S/C27H40N2O8/c1-19(2)13-29(27(31)20-11-24(32-3)26(34-5)25(12-20)33-4)16-23-15-28(8-10-37-23)14-21(30)17-35-18-22-7-6-9-36-22/h6-7,9,11-12,19,21,23,30H,8,10,13-18H2,1-5H3/t21-,23+/m0/s1. The zero-order valence-electron chi connectivity index (χ0n) is 22.5. The van der Waals surface area contributed by atoms with Gasteiger partial charge in [-0.2, -0.15) is 0 Å². The van der Waals surface area contributed by atoms with Gasteiger partial charge in [-0.25, -0.2) is 0 Å². The normalized spacial score (nSPS) is 17.0. The van der Waals surface area contributed by atoms with E-state index in [9.17, 15) is 9.90 Å². The number of hydrogen-bond acceptors (Lipinski definition) is 9.